The Hall–Kier alpha value is -2.67. The summed E-state index contributed by atoms with van der Waals surface area (Å²) in [6.07, 6.45) is 2.26. The molecule has 0 spiro atoms. The first-order valence-corrected chi connectivity index (χ1v) is 10.8. The summed E-state index contributed by atoms with van der Waals surface area (Å²) >= 11 is 1.35. The number of amides is 1. The van der Waals surface area contributed by atoms with Gasteiger partial charge in [-0.1, -0.05) is 42.1 Å². The molecule has 0 bridgehead atoms. The average molecular weight is 411 g/mol. The Morgan fingerprint density at radius 2 is 2.00 bits per heavy atom. The summed E-state index contributed by atoms with van der Waals surface area (Å²) in [7, 11) is 0. The van der Waals surface area contributed by atoms with Crippen LogP contribution in [0.3, 0.4) is 0 Å². The molecular formula is C22H23FN4OS. The zero-order chi connectivity index (χ0) is 20.2. The fraction of sp³-hybridized carbons (Fsp3) is 0.318. The lowest BCUT2D eigenvalue weighted by Gasteiger charge is -2.20. The molecule has 0 unspecified atom stereocenters. The van der Waals surface area contributed by atoms with Crippen molar-refractivity contribution in [2.24, 2.45) is 0 Å². The number of carbonyl (C=O) groups excluding carboxylic acids is 1. The van der Waals surface area contributed by atoms with E-state index in [0.29, 0.717) is 24.2 Å². The van der Waals surface area contributed by atoms with E-state index in [-0.39, 0.29) is 17.5 Å². The van der Waals surface area contributed by atoms with E-state index in [9.17, 15) is 9.18 Å². The highest BCUT2D eigenvalue weighted by molar-refractivity contribution is 7.99. The molecule has 2 aromatic carbocycles. The molecule has 0 aliphatic heterocycles. The summed E-state index contributed by atoms with van der Waals surface area (Å²) in [4.78, 5) is 19.1. The number of aromatic nitrogens is 3. The molecule has 1 aliphatic rings. The van der Waals surface area contributed by atoms with Crippen LogP contribution >= 0.6 is 11.8 Å². The van der Waals surface area contributed by atoms with E-state index >= 15 is 0 Å². The number of hydrogen-bond acceptors (Lipinski definition) is 4. The second-order valence-electron chi connectivity index (χ2n) is 7.10. The van der Waals surface area contributed by atoms with Crippen LogP contribution in [0.15, 0.2) is 59.8 Å². The minimum atomic E-state index is -0.288. The Morgan fingerprint density at radius 1 is 1.21 bits per heavy atom. The van der Waals surface area contributed by atoms with Crippen molar-refractivity contribution in [3.63, 3.8) is 0 Å². The molecule has 3 aromatic rings. The molecule has 1 aliphatic carbocycles. The first-order chi connectivity index (χ1) is 14.1. The predicted octanol–water partition coefficient (Wildman–Crippen LogP) is 4.42. The van der Waals surface area contributed by atoms with Crippen molar-refractivity contribution in [2.45, 2.75) is 37.4 Å². The summed E-state index contributed by atoms with van der Waals surface area (Å²) < 4.78 is 15.3. The minimum absolute atomic E-state index is 0.00852. The van der Waals surface area contributed by atoms with Crippen LogP contribution < -0.4 is 0 Å². The van der Waals surface area contributed by atoms with E-state index < -0.39 is 0 Å². The highest BCUT2D eigenvalue weighted by Gasteiger charge is 2.30. The molecule has 150 valence electrons. The molecule has 5 nitrogen and oxygen atoms in total. The van der Waals surface area contributed by atoms with E-state index in [1.165, 1.54) is 23.9 Å². The number of para-hydroxylation sites is 1. The molecule has 1 saturated carbocycles. The first-order valence-electron chi connectivity index (χ1n) is 9.81. The van der Waals surface area contributed by atoms with Crippen molar-refractivity contribution in [1.29, 1.82) is 0 Å². The molecule has 4 rings (SSSR count). The molecule has 1 amide bonds. The number of nitrogens with zero attached hydrogens (tertiary/aromatic N) is 4. The summed E-state index contributed by atoms with van der Waals surface area (Å²) in [5, 5.41) is 5.26. The quantitative estimate of drug-likeness (QED) is 0.516. The van der Waals surface area contributed by atoms with Crippen LogP contribution in [0.2, 0.25) is 0 Å². The summed E-state index contributed by atoms with van der Waals surface area (Å²) in [6.45, 7) is 2.89. The third kappa shape index (κ3) is 4.85. The number of rotatable bonds is 8. The topological polar surface area (TPSA) is 51.0 Å². The van der Waals surface area contributed by atoms with Crippen LogP contribution in [0.25, 0.3) is 5.69 Å². The van der Waals surface area contributed by atoms with Crippen molar-refractivity contribution in [2.75, 3.05) is 12.3 Å². The van der Waals surface area contributed by atoms with Crippen LogP contribution in [0.4, 0.5) is 4.39 Å². The summed E-state index contributed by atoms with van der Waals surface area (Å²) in [6, 6.07) is 16.3. The van der Waals surface area contributed by atoms with Gasteiger partial charge in [-0.2, -0.15) is 0 Å². The van der Waals surface area contributed by atoms with Gasteiger partial charge < -0.3 is 4.90 Å². The zero-order valence-electron chi connectivity index (χ0n) is 16.3. The molecule has 29 heavy (non-hydrogen) atoms. The molecule has 0 N–H and O–H groups in total. The van der Waals surface area contributed by atoms with Gasteiger partial charge in [-0.05, 0) is 49.6 Å². The van der Waals surface area contributed by atoms with Gasteiger partial charge in [0, 0.05) is 19.0 Å². The Bertz CT molecular complexity index is 987. The molecule has 7 heteroatoms. The Labute approximate surface area is 173 Å². The van der Waals surface area contributed by atoms with E-state index in [1.807, 2.05) is 48.0 Å². The maximum Gasteiger partial charge on any atom is 0.233 e. The van der Waals surface area contributed by atoms with E-state index in [1.54, 1.807) is 11.0 Å². The van der Waals surface area contributed by atoms with Gasteiger partial charge in [0.25, 0.3) is 0 Å². The van der Waals surface area contributed by atoms with Crippen molar-refractivity contribution in [3.05, 3.63) is 71.8 Å². The van der Waals surface area contributed by atoms with E-state index in [0.717, 1.165) is 29.9 Å². The largest absolute Gasteiger partial charge is 0.338 e. The van der Waals surface area contributed by atoms with Crippen molar-refractivity contribution in [1.82, 2.24) is 19.7 Å². The Balaban J connectivity index is 1.43. The van der Waals surface area contributed by atoms with Gasteiger partial charge in [0.15, 0.2) is 0 Å². The fourth-order valence-electron chi connectivity index (χ4n) is 3.18. The lowest BCUT2D eigenvalue weighted by Crippen LogP contribution is -2.31. The van der Waals surface area contributed by atoms with Gasteiger partial charge in [-0.25, -0.2) is 14.1 Å². The van der Waals surface area contributed by atoms with Gasteiger partial charge in [0.05, 0.1) is 11.4 Å². The minimum Gasteiger partial charge on any atom is -0.338 e. The number of halogens is 1. The van der Waals surface area contributed by atoms with Gasteiger partial charge >= 0.3 is 0 Å². The fourth-order valence-corrected chi connectivity index (χ4v) is 3.91. The SMILES string of the molecule is CCN(Cc1cccc(F)c1)C(=O)CSc1nc(C2CC2)n(-c2ccccc2)n1. The van der Waals surface area contributed by atoms with Crippen molar-refractivity contribution < 1.29 is 9.18 Å². The third-order valence-electron chi connectivity index (χ3n) is 4.88. The van der Waals surface area contributed by atoms with Crippen LogP contribution in [0.1, 0.15) is 37.1 Å². The number of benzene rings is 2. The molecule has 1 aromatic heterocycles. The Morgan fingerprint density at radius 3 is 2.69 bits per heavy atom. The summed E-state index contributed by atoms with van der Waals surface area (Å²) in [5.74, 6) is 1.38. The zero-order valence-corrected chi connectivity index (χ0v) is 17.1. The first kappa shape index (κ1) is 19.6. The molecule has 0 saturated heterocycles. The van der Waals surface area contributed by atoms with Gasteiger partial charge in [0.2, 0.25) is 11.1 Å². The average Bonchev–Trinajstić information content (AvgIpc) is 3.50. The van der Waals surface area contributed by atoms with Crippen LogP contribution in [-0.4, -0.2) is 37.9 Å². The van der Waals surface area contributed by atoms with Crippen LogP contribution in [0, 0.1) is 5.82 Å². The highest BCUT2D eigenvalue weighted by atomic mass is 32.2. The molecular weight excluding hydrogens is 387 g/mol. The molecule has 0 radical (unpaired) electrons. The molecule has 1 heterocycles. The van der Waals surface area contributed by atoms with Gasteiger partial charge in [-0.3, -0.25) is 4.79 Å². The lowest BCUT2D eigenvalue weighted by molar-refractivity contribution is -0.128. The molecule has 1 fully saturated rings. The maximum absolute atomic E-state index is 13.4. The monoisotopic (exact) mass is 410 g/mol. The third-order valence-corrected chi connectivity index (χ3v) is 5.70. The Kier molecular flexibility index (Phi) is 5.94. The predicted molar refractivity (Wildman–Crippen MR) is 112 cm³/mol. The number of carbonyl (C=O) groups is 1. The molecule has 0 atom stereocenters. The van der Waals surface area contributed by atoms with Gasteiger partial charge in [-0.15, -0.1) is 5.10 Å². The smallest absolute Gasteiger partial charge is 0.233 e. The normalized spacial score (nSPS) is 13.4. The standard InChI is InChI=1S/C22H23FN4OS/c1-2-26(14-16-7-6-8-18(23)13-16)20(28)15-29-22-24-21(17-11-12-17)27(25-22)19-9-4-3-5-10-19/h3-10,13,17H,2,11-12,14-15H2,1H3. The van der Waals surface area contributed by atoms with Gasteiger partial charge in [0.1, 0.15) is 11.6 Å². The van der Waals surface area contributed by atoms with Crippen LogP contribution in [-0.2, 0) is 11.3 Å². The van der Waals surface area contributed by atoms with Crippen molar-refractivity contribution in [3.8, 4) is 5.69 Å². The number of hydrogen-bond donors (Lipinski definition) is 0. The highest BCUT2D eigenvalue weighted by Crippen LogP contribution is 2.40. The van der Waals surface area contributed by atoms with E-state index in [2.05, 4.69) is 5.10 Å². The second kappa shape index (κ2) is 8.78. The number of thioether (sulfide) groups is 1. The second-order valence-corrected chi connectivity index (χ2v) is 8.04. The van der Waals surface area contributed by atoms with E-state index in [4.69, 9.17) is 4.98 Å². The maximum atomic E-state index is 13.4. The van der Waals surface area contributed by atoms with Crippen LogP contribution in [0.5, 0.6) is 0 Å². The summed E-state index contributed by atoms with van der Waals surface area (Å²) in [5.41, 5.74) is 1.77. The lowest BCUT2D eigenvalue weighted by atomic mass is 10.2. The van der Waals surface area contributed by atoms with Crippen molar-refractivity contribution >= 4 is 17.7 Å².